The number of anilines is 1. The summed E-state index contributed by atoms with van der Waals surface area (Å²) in [6, 6.07) is 10.8. The third-order valence-electron chi connectivity index (χ3n) is 3.56. The Hall–Kier alpha value is -3.42. The summed E-state index contributed by atoms with van der Waals surface area (Å²) >= 11 is 0. The topological polar surface area (TPSA) is 93.8 Å². The summed E-state index contributed by atoms with van der Waals surface area (Å²) in [4.78, 5) is 24.0. The first-order valence-electron chi connectivity index (χ1n) is 7.72. The first-order chi connectivity index (χ1) is 12.0. The van der Waals surface area contributed by atoms with Crippen LogP contribution in [0.25, 0.3) is 5.69 Å². The Bertz CT molecular complexity index is 881. The van der Waals surface area contributed by atoms with E-state index in [4.69, 9.17) is 0 Å². The lowest BCUT2D eigenvalue weighted by Crippen LogP contribution is -2.33. The average Bonchev–Trinajstić information content (AvgIpc) is 3.23. The molecule has 8 nitrogen and oxygen atoms in total. The highest BCUT2D eigenvalue weighted by Crippen LogP contribution is 2.12. The number of nitrogens with one attached hydrogen (secondary N) is 2. The molecule has 128 valence electrons. The van der Waals surface area contributed by atoms with E-state index < -0.39 is 0 Å². The predicted molar refractivity (Wildman–Crippen MR) is 92.5 cm³/mol. The second-order valence-corrected chi connectivity index (χ2v) is 5.52. The van der Waals surface area contributed by atoms with Gasteiger partial charge in [0, 0.05) is 25.1 Å². The third kappa shape index (κ3) is 3.92. The molecule has 3 aromatic rings. The van der Waals surface area contributed by atoms with Crippen LogP contribution in [0.5, 0.6) is 0 Å². The van der Waals surface area contributed by atoms with Crippen LogP contribution in [0.4, 0.5) is 5.69 Å². The van der Waals surface area contributed by atoms with Crippen molar-refractivity contribution in [1.29, 1.82) is 0 Å². The minimum Gasteiger partial charge on any atom is -0.342 e. The second kappa shape index (κ2) is 7.00. The van der Waals surface area contributed by atoms with Crippen LogP contribution >= 0.6 is 0 Å². The van der Waals surface area contributed by atoms with Crippen molar-refractivity contribution in [2.24, 2.45) is 7.05 Å². The summed E-state index contributed by atoms with van der Waals surface area (Å²) in [5, 5.41) is 13.6. The fraction of sp³-hybridized carbons (Fsp3) is 0.176. The number of aryl methyl sites for hydroxylation is 2. The lowest BCUT2D eigenvalue weighted by atomic mass is 10.3. The van der Waals surface area contributed by atoms with Crippen molar-refractivity contribution >= 4 is 17.5 Å². The molecule has 0 aliphatic heterocycles. The lowest BCUT2D eigenvalue weighted by molar-refractivity contribution is -0.115. The van der Waals surface area contributed by atoms with Crippen molar-refractivity contribution in [3.8, 4) is 5.69 Å². The second-order valence-electron chi connectivity index (χ2n) is 5.52. The number of aromatic nitrogens is 4. The number of benzene rings is 1. The quantitative estimate of drug-likeness (QED) is 0.733. The first kappa shape index (κ1) is 16.4. The minimum absolute atomic E-state index is 0.121. The number of amides is 2. The fourth-order valence-electron chi connectivity index (χ4n) is 2.40. The number of carbonyl (C=O) groups excluding carboxylic acids is 2. The van der Waals surface area contributed by atoms with Crippen molar-refractivity contribution in [3.63, 3.8) is 0 Å². The Kier molecular flexibility index (Phi) is 4.60. The zero-order valence-electron chi connectivity index (χ0n) is 13.9. The minimum atomic E-state index is -0.340. The molecule has 2 aromatic heterocycles. The van der Waals surface area contributed by atoms with E-state index in [1.165, 1.54) is 4.68 Å². The lowest BCUT2D eigenvalue weighted by Gasteiger charge is -2.08. The molecule has 0 unspecified atom stereocenters. The van der Waals surface area contributed by atoms with Crippen LogP contribution in [-0.2, 0) is 11.8 Å². The molecule has 0 spiro atoms. The summed E-state index contributed by atoms with van der Waals surface area (Å²) < 4.78 is 3.21. The van der Waals surface area contributed by atoms with Gasteiger partial charge in [0.2, 0.25) is 5.91 Å². The van der Waals surface area contributed by atoms with Gasteiger partial charge in [0.1, 0.15) is 5.69 Å². The van der Waals surface area contributed by atoms with Crippen molar-refractivity contribution < 1.29 is 9.59 Å². The standard InChI is InChI=1S/C17H18N6O2/c1-12-10-15(22(2)21-12)17(25)18-11-16(24)20-13-4-6-14(7-5-13)23-9-3-8-19-23/h3-10H,11H2,1-2H3,(H,18,25)(H,20,24). The van der Waals surface area contributed by atoms with Gasteiger partial charge in [-0.2, -0.15) is 10.2 Å². The van der Waals surface area contributed by atoms with Crippen molar-refractivity contribution in [3.05, 3.63) is 60.2 Å². The molecule has 0 saturated carbocycles. The molecule has 0 aliphatic rings. The number of hydrogen-bond acceptors (Lipinski definition) is 4. The Morgan fingerprint density at radius 2 is 1.96 bits per heavy atom. The van der Waals surface area contributed by atoms with Crippen LogP contribution in [-0.4, -0.2) is 37.9 Å². The highest BCUT2D eigenvalue weighted by molar-refractivity contribution is 5.98. The van der Waals surface area contributed by atoms with Gasteiger partial charge in [0.05, 0.1) is 17.9 Å². The van der Waals surface area contributed by atoms with Gasteiger partial charge in [-0.1, -0.05) is 0 Å². The molecule has 1 aromatic carbocycles. The van der Waals surface area contributed by atoms with Crippen LogP contribution < -0.4 is 10.6 Å². The van der Waals surface area contributed by atoms with Gasteiger partial charge in [-0.3, -0.25) is 14.3 Å². The van der Waals surface area contributed by atoms with E-state index in [1.54, 1.807) is 43.0 Å². The highest BCUT2D eigenvalue weighted by atomic mass is 16.2. The SMILES string of the molecule is Cc1cc(C(=O)NCC(=O)Nc2ccc(-n3cccn3)cc2)n(C)n1. The molecule has 2 N–H and O–H groups in total. The monoisotopic (exact) mass is 338 g/mol. The maximum atomic E-state index is 12.1. The largest absolute Gasteiger partial charge is 0.342 e. The summed E-state index contributed by atoms with van der Waals surface area (Å²) in [6.07, 6.45) is 3.53. The molecule has 0 aliphatic carbocycles. The predicted octanol–water partition coefficient (Wildman–Crippen LogP) is 1.28. The molecule has 8 heteroatoms. The van der Waals surface area contributed by atoms with Crippen LogP contribution in [0.15, 0.2) is 48.8 Å². The van der Waals surface area contributed by atoms with Crippen LogP contribution in [0.1, 0.15) is 16.2 Å². The number of nitrogens with zero attached hydrogens (tertiary/aromatic N) is 4. The Labute approximate surface area is 144 Å². The maximum absolute atomic E-state index is 12.1. The summed E-state index contributed by atoms with van der Waals surface area (Å²) in [7, 11) is 1.68. The molecular weight excluding hydrogens is 320 g/mol. The van der Waals surface area contributed by atoms with Crippen molar-refractivity contribution in [2.75, 3.05) is 11.9 Å². The molecule has 0 saturated heterocycles. The fourth-order valence-corrected chi connectivity index (χ4v) is 2.40. The summed E-state index contributed by atoms with van der Waals surface area (Å²) in [5.74, 6) is -0.647. The van der Waals surface area contributed by atoms with E-state index in [1.807, 2.05) is 24.4 Å². The van der Waals surface area contributed by atoms with E-state index in [9.17, 15) is 9.59 Å². The summed E-state index contributed by atoms with van der Waals surface area (Å²) in [6.45, 7) is 1.68. The van der Waals surface area contributed by atoms with Gasteiger partial charge in [-0.25, -0.2) is 4.68 Å². The van der Waals surface area contributed by atoms with Crippen LogP contribution in [0.2, 0.25) is 0 Å². The third-order valence-corrected chi connectivity index (χ3v) is 3.56. The molecule has 25 heavy (non-hydrogen) atoms. The highest BCUT2D eigenvalue weighted by Gasteiger charge is 2.13. The smallest absolute Gasteiger partial charge is 0.269 e. The maximum Gasteiger partial charge on any atom is 0.269 e. The first-order valence-corrected chi connectivity index (χ1v) is 7.72. The molecule has 0 atom stereocenters. The molecule has 2 heterocycles. The number of carbonyl (C=O) groups is 2. The summed E-state index contributed by atoms with van der Waals surface area (Å²) in [5.41, 5.74) is 2.69. The Morgan fingerprint density at radius 1 is 1.20 bits per heavy atom. The van der Waals surface area contributed by atoms with Gasteiger partial charge in [0.25, 0.3) is 5.91 Å². The van der Waals surface area contributed by atoms with Gasteiger partial charge >= 0.3 is 0 Å². The number of rotatable bonds is 5. The van der Waals surface area contributed by atoms with Crippen LogP contribution in [0, 0.1) is 6.92 Å². The van der Waals surface area contributed by atoms with Crippen molar-refractivity contribution in [2.45, 2.75) is 6.92 Å². The van der Waals surface area contributed by atoms with E-state index in [0.29, 0.717) is 11.4 Å². The molecule has 0 bridgehead atoms. The molecule has 2 amide bonds. The average molecular weight is 338 g/mol. The molecule has 0 radical (unpaired) electrons. The normalized spacial score (nSPS) is 10.5. The van der Waals surface area contributed by atoms with Crippen LogP contribution in [0.3, 0.4) is 0 Å². The zero-order valence-corrected chi connectivity index (χ0v) is 13.9. The zero-order chi connectivity index (χ0) is 17.8. The van der Waals surface area contributed by atoms with E-state index >= 15 is 0 Å². The van der Waals surface area contributed by atoms with E-state index in [2.05, 4.69) is 20.8 Å². The Morgan fingerprint density at radius 3 is 2.56 bits per heavy atom. The van der Waals surface area contributed by atoms with Crippen molar-refractivity contribution in [1.82, 2.24) is 24.9 Å². The number of hydrogen-bond donors (Lipinski definition) is 2. The molecule has 0 fully saturated rings. The Balaban J connectivity index is 1.54. The van der Waals surface area contributed by atoms with Gasteiger partial charge in [-0.15, -0.1) is 0 Å². The molecular formula is C17H18N6O2. The van der Waals surface area contributed by atoms with Gasteiger partial charge in [0.15, 0.2) is 0 Å². The molecule has 3 rings (SSSR count). The van der Waals surface area contributed by atoms with Gasteiger partial charge < -0.3 is 10.6 Å². The van der Waals surface area contributed by atoms with E-state index in [-0.39, 0.29) is 18.4 Å². The van der Waals surface area contributed by atoms with E-state index in [0.717, 1.165) is 11.4 Å². The van der Waals surface area contributed by atoms with Gasteiger partial charge in [-0.05, 0) is 43.3 Å².